The van der Waals surface area contributed by atoms with Crippen LogP contribution in [0.3, 0.4) is 0 Å². The molecule has 0 fully saturated rings. The Morgan fingerprint density at radius 3 is 0.793 bits per heavy atom. The minimum atomic E-state index is 0.777. The highest BCUT2D eigenvalue weighted by molar-refractivity contribution is 5.68. The second-order valence-electron chi connectivity index (χ2n) is 15.5. The van der Waals surface area contributed by atoms with E-state index in [1.165, 1.54) is 55.6 Å². The highest BCUT2D eigenvalue weighted by Crippen LogP contribution is 2.24. The van der Waals surface area contributed by atoms with Crippen molar-refractivity contribution in [3.8, 4) is 0 Å². The van der Waals surface area contributed by atoms with Crippen molar-refractivity contribution in [1.82, 2.24) is 10.6 Å². The van der Waals surface area contributed by atoms with Gasteiger partial charge in [0.15, 0.2) is 0 Å². The van der Waals surface area contributed by atoms with Crippen LogP contribution in [0.4, 0.5) is 34.1 Å². The minimum Gasteiger partial charge on any atom is -0.381 e. The maximum absolute atomic E-state index is 3.57. The SMILES string of the molecule is Cc1cc(C)cc(CNCc2ccc(CNc3ccc(Nc4ccc(Nc5ccc(NCc6ccc(CNCc7cc(C)cc(C)c7)cc6)cc5)cc4)cc3)cc2)c1. The maximum atomic E-state index is 3.57. The molecule has 0 aromatic heterocycles. The molecule has 0 spiro atoms. The van der Waals surface area contributed by atoms with Gasteiger partial charge in [0.1, 0.15) is 0 Å². The van der Waals surface area contributed by atoms with Crippen molar-refractivity contribution >= 4 is 34.1 Å². The lowest BCUT2D eigenvalue weighted by atomic mass is 10.1. The van der Waals surface area contributed by atoms with Gasteiger partial charge in [-0.1, -0.05) is 107 Å². The number of benzene rings is 7. The Morgan fingerprint density at radius 2 is 0.500 bits per heavy atom. The molecule has 6 heteroatoms. The van der Waals surface area contributed by atoms with E-state index in [2.05, 4.69) is 217 Å². The average molecular weight is 765 g/mol. The summed E-state index contributed by atoms with van der Waals surface area (Å²) in [4.78, 5) is 0. The van der Waals surface area contributed by atoms with Gasteiger partial charge in [-0.15, -0.1) is 0 Å². The van der Waals surface area contributed by atoms with Gasteiger partial charge in [0.05, 0.1) is 0 Å². The molecule has 7 aromatic carbocycles. The van der Waals surface area contributed by atoms with Gasteiger partial charge in [-0.3, -0.25) is 0 Å². The van der Waals surface area contributed by atoms with Crippen LogP contribution in [-0.4, -0.2) is 0 Å². The van der Waals surface area contributed by atoms with Crippen molar-refractivity contribution in [2.45, 2.75) is 67.0 Å². The van der Waals surface area contributed by atoms with E-state index in [1.807, 2.05) is 0 Å². The van der Waals surface area contributed by atoms with Crippen molar-refractivity contribution in [3.05, 3.63) is 213 Å². The molecule has 7 aromatic rings. The van der Waals surface area contributed by atoms with Crippen LogP contribution >= 0.6 is 0 Å². The van der Waals surface area contributed by atoms with Gasteiger partial charge in [0.25, 0.3) is 0 Å². The van der Waals surface area contributed by atoms with Crippen LogP contribution in [0.5, 0.6) is 0 Å². The van der Waals surface area contributed by atoms with E-state index in [0.717, 1.165) is 73.4 Å². The molecule has 0 heterocycles. The Kier molecular flexibility index (Phi) is 13.5. The molecular weight excluding hydrogens is 709 g/mol. The Hall–Kier alpha value is -6.34. The monoisotopic (exact) mass is 764 g/mol. The molecule has 58 heavy (non-hydrogen) atoms. The summed E-state index contributed by atoms with van der Waals surface area (Å²) in [6.45, 7) is 13.6. The summed E-state index contributed by atoms with van der Waals surface area (Å²) in [6.07, 6.45) is 0. The molecule has 0 atom stereocenters. The molecular formula is C52H56N6. The maximum Gasteiger partial charge on any atom is 0.0400 e. The van der Waals surface area contributed by atoms with Crippen molar-refractivity contribution in [2.75, 3.05) is 21.3 Å². The molecule has 0 saturated carbocycles. The van der Waals surface area contributed by atoms with Gasteiger partial charge < -0.3 is 31.9 Å². The fourth-order valence-electron chi connectivity index (χ4n) is 7.32. The Morgan fingerprint density at radius 1 is 0.259 bits per heavy atom. The normalized spacial score (nSPS) is 11.0. The summed E-state index contributed by atoms with van der Waals surface area (Å²) < 4.78 is 0. The molecule has 0 aliphatic rings. The summed E-state index contributed by atoms with van der Waals surface area (Å²) in [7, 11) is 0. The number of anilines is 6. The average Bonchev–Trinajstić information content (AvgIpc) is 3.21. The largest absolute Gasteiger partial charge is 0.381 e. The van der Waals surface area contributed by atoms with Gasteiger partial charge >= 0.3 is 0 Å². The molecule has 6 nitrogen and oxygen atoms in total. The third kappa shape index (κ3) is 12.3. The molecule has 0 aliphatic heterocycles. The second kappa shape index (κ2) is 19.7. The summed E-state index contributed by atoms with van der Waals surface area (Å²) in [5, 5.41) is 21.3. The van der Waals surface area contributed by atoms with Gasteiger partial charge in [-0.05, 0) is 134 Å². The van der Waals surface area contributed by atoms with Crippen LogP contribution in [0.1, 0.15) is 55.6 Å². The lowest BCUT2D eigenvalue weighted by Gasteiger charge is -2.12. The minimum absolute atomic E-state index is 0.777. The third-order valence-electron chi connectivity index (χ3n) is 10.2. The van der Waals surface area contributed by atoms with Gasteiger partial charge in [-0.2, -0.15) is 0 Å². The predicted octanol–water partition coefficient (Wildman–Crippen LogP) is 12.2. The zero-order valence-electron chi connectivity index (χ0n) is 34.3. The summed E-state index contributed by atoms with van der Waals surface area (Å²) in [5.74, 6) is 0. The van der Waals surface area contributed by atoms with E-state index in [9.17, 15) is 0 Å². The predicted molar refractivity (Wildman–Crippen MR) is 246 cm³/mol. The van der Waals surface area contributed by atoms with Crippen LogP contribution in [0.25, 0.3) is 0 Å². The lowest BCUT2D eigenvalue weighted by molar-refractivity contribution is 0.692. The Bertz CT molecular complexity index is 2140. The first kappa shape index (κ1) is 39.9. The van der Waals surface area contributed by atoms with E-state index in [4.69, 9.17) is 0 Å². The fourth-order valence-corrected chi connectivity index (χ4v) is 7.32. The number of aryl methyl sites for hydroxylation is 4. The van der Waals surface area contributed by atoms with Crippen LogP contribution in [0.15, 0.2) is 158 Å². The van der Waals surface area contributed by atoms with E-state index in [1.54, 1.807) is 0 Å². The van der Waals surface area contributed by atoms with Gasteiger partial charge in [0.2, 0.25) is 0 Å². The van der Waals surface area contributed by atoms with Crippen LogP contribution in [-0.2, 0) is 39.3 Å². The van der Waals surface area contributed by atoms with E-state index < -0.39 is 0 Å². The standard InChI is InChI=1S/C52H56N6/c1-37-25-38(2)28-45(27-37)33-53-31-41-5-9-43(10-6-41)35-55-47-13-17-49(18-14-47)57-51-21-23-52(24-22-51)58-50-19-15-48(16-20-50)56-36-44-11-7-42(8-12-44)32-54-34-46-29-39(3)26-40(4)30-46/h5-30,53-58H,31-36H2,1-4H3. The quantitative estimate of drug-likeness (QED) is 0.0523. The number of rotatable bonds is 18. The topological polar surface area (TPSA) is 72.2 Å². The first-order valence-corrected chi connectivity index (χ1v) is 20.3. The van der Waals surface area contributed by atoms with Crippen molar-refractivity contribution in [3.63, 3.8) is 0 Å². The van der Waals surface area contributed by atoms with E-state index >= 15 is 0 Å². The van der Waals surface area contributed by atoms with Crippen molar-refractivity contribution in [1.29, 1.82) is 0 Å². The van der Waals surface area contributed by atoms with Crippen molar-refractivity contribution in [2.24, 2.45) is 0 Å². The molecule has 0 unspecified atom stereocenters. The van der Waals surface area contributed by atoms with E-state index in [0.29, 0.717) is 0 Å². The summed E-state index contributed by atoms with van der Waals surface area (Å²) >= 11 is 0. The molecule has 0 saturated heterocycles. The fraction of sp³-hybridized carbons (Fsp3) is 0.192. The lowest BCUT2D eigenvalue weighted by Crippen LogP contribution is -2.13. The molecule has 0 aliphatic carbocycles. The first-order chi connectivity index (χ1) is 28.3. The Balaban J connectivity index is 0.795. The van der Waals surface area contributed by atoms with Crippen LogP contribution < -0.4 is 31.9 Å². The van der Waals surface area contributed by atoms with Gasteiger partial charge in [0, 0.05) is 73.4 Å². The molecule has 0 bridgehead atoms. The van der Waals surface area contributed by atoms with Crippen LogP contribution in [0, 0.1) is 27.7 Å². The molecule has 0 radical (unpaired) electrons. The smallest absolute Gasteiger partial charge is 0.0400 e. The zero-order chi connectivity index (χ0) is 40.1. The Labute approximate surface area is 345 Å². The van der Waals surface area contributed by atoms with Gasteiger partial charge in [-0.25, -0.2) is 0 Å². The first-order valence-electron chi connectivity index (χ1n) is 20.3. The molecule has 294 valence electrons. The summed E-state index contributed by atoms with van der Waals surface area (Å²) in [6, 6.07) is 56.4. The molecule has 0 amide bonds. The summed E-state index contributed by atoms with van der Waals surface area (Å²) in [5.41, 5.74) is 19.4. The number of nitrogens with one attached hydrogen (secondary N) is 6. The molecule has 6 N–H and O–H groups in total. The number of hydrogen-bond donors (Lipinski definition) is 6. The number of hydrogen-bond acceptors (Lipinski definition) is 6. The van der Waals surface area contributed by atoms with Crippen molar-refractivity contribution < 1.29 is 0 Å². The van der Waals surface area contributed by atoms with E-state index in [-0.39, 0.29) is 0 Å². The second-order valence-corrected chi connectivity index (χ2v) is 15.5. The molecule has 7 rings (SSSR count). The van der Waals surface area contributed by atoms with Crippen LogP contribution in [0.2, 0.25) is 0 Å². The highest BCUT2D eigenvalue weighted by atomic mass is 14.9. The third-order valence-corrected chi connectivity index (χ3v) is 10.2. The highest BCUT2D eigenvalue weighted by Gasteiger charge is 2.03. The zero-order valence-corrected chi connectivity index (χ0v) is 34.3.